The molecule has 2 heterocycles. The average Bonchev–Trinajstić information content (AvgIpc) is 2.39. The van der Waals surface area contributed by atoms with Gasteiger partial charge < -0.3 is 15.5 Å². The van der Waals surface area contributed by atoms with E-state index in [1.807, 2.05) is 6.07 Å². The lowest BCUT2D eigenvalue weighted by Gasteiger charge is -2.36. The highest BCUT2D eigenvalue weighted by atomic mass is 15.3. The number of likely N-dealkylation sites (N-methyl/N-ethyl adjacent to an activating group) is 1. The largest absolute Gasteiger partial charge is 0.339 e. The van der Waals surface area contributed by atoms with Gasteiger partial charge in [-0.2, -0.15) is 0 Å². The van der Waals surface area contributed by atoms with Crippen LogP contribution in [0, 0.1) is 0 Å². The van der Waals surface area contributed by atoms with Crippen molar-refractivity contribution in [3.05, 3.63) is 18.0 Å². The average molecular weight is 235 g/mol. The molecule has 5 nitrogen and oxygen atoms in total. The number of aromatic nitrogens is 2. The summed E-state index contributed by atoms with van der Waals surface area (Å²) in [5, 5.41) is 0. The zero-order chi connectivity index (χ0) is 12.3. The molecular weight excluding hydrogens is 214 g/mol. The van der Waals surface area contributed by atoms with Gasteiger partial charge in [0.1, 0.15) is 0 Å². The minimum absolute atomic E-state index is 0.473. The van der Waals surface area contributed by atoms with Crippen molar-refractivity contribution in [3.63, 3.8) is 0 Å². The van der Waals surface area contributed by atoms with Crippen LogP contribution in [0.4, 0.5) is 5.95 Å². The molecule has 0 aliphatic carbocycles. The number of hydrogen-bond donors (Lipinski definition) is 1. The van der Waals surface area contributed by atoms with Crippen LogP contribution in [0.5, 0.6) is 0 Å². The number of rotatable bonds is 3. The van der Waals surface area contributed by atoms with Crippen molar-refractivity contribution in [3.8, 4) is 0 Å². The maximum Gasteiger partial charge on any atom is 0.225 e. The highest BCUT2D eigenvalue weighted by molar-refractivity contribution is 5.31. The molecule has 17 heavy (non-hydrogen) atoms. The third kappa shape index (κ3) is 2.92. The van der Waals surface area contributed by atoms with Gasteiger partial charge in [-0.25, -0.2) is 9.97 Å². The molecule has 0 spiro atoms. The van der Waals surface area contributed by atoms with E-state index in [4.69, 9.17) is 5.73 Å². The van der Waals surface area contributed by atoms with E-state index in [-0.39, 0.29) is 0 Å². The van der Waals surface area contributed by atoms with E-state index in [0.29, 0.717) is 12.6 Å². The molecule has 1 fully saturated rings. The Morgan fingerprint density at radius 3 is 3.06 bits per heavy atom. The first-order valence-corrected chi connectivity index (χ1v) is 6.14. The van der Waals surface area contributed by atoms with E-state index in [9.17, 15) is 0 Å². The van der Waals surface area contributed by atoms with Gasteiger partial charge in [-0.15, -0.1) is 0 Å². The Morgan fingerprint density at radius 1 is 1.53 bits per heavy atom. The quantitative estimate of drug-likeness (QED) is 0.825. The molecule has 0 radical (unpaired) electrons. The predicted molar refractivity (Wildman–Crippen MR) is 68.8 cm³/mol. The molecule has 94 valence electrons. The fourth-order valence-electron chi connectivity index (χ4n) is 2.21. The third-order valence-electron chi connectivity index (χ3n) is 3.32. The van der Waals surface area contributed by atoms with Crippen molar-refractivity contribution >= 4 is 5.95 Å². The molecule has 1 aromatic heterocycles. The summed E-state index contributed by atoms with van der Waals surface area (Å²) in [6.45, 7) is 2.51. The van der Waals surface area contributed by atoms with Crippen LogP contribution in [0.2, 0.25) is 0 Å². The number of hydrogen-bond acceptors (Lipinski definition) is 5. The van der Waals surface area contributed by atoms with Gasteiger partial charge in [0.2, 0.25) is 5.95 Å². The Labute approximate surface area is 103 Å². The van der Waals surface area contributed by atoms with Crippen LogP contribution in [0.15, 0.2) is 12.3 Å². The summed E-state index contributed by atoms with van der Waals surface area (Å²) < 4.78 is 0. The molecule has 5 heteroatoms. The first kappa shape index (κ1) is 12.3. The van der Waals surface area contributed by atoms with Crippen LogP contribution in [0.1, 0.15) is 18.5 Å². The van der Waals surface area contributed by atoms with Crippen molar-refractivity contribution in [2.24, 2.45) is 5.73 Å². The second kappa shape index (κ2) is 5.42. The van der Waals surface area contributed by atoms with Gasteiger partial charge in [0, 0.05) is 31.9 Å². The van der Waals surface area contributed by atoms with Gasteiger partial charge in [0.05, 0.1) is 5.69 Å². The highest BCUT2D eigenvalue weighted by Gasteiger charge is 2.22. The molecule has 1 aromatic rings. The van der Waals surface area contributed by atoms with Crippen LogP contribution in [-0.2, 0) is 6.54 Å². The summed E-state index contributed by atoms with van der Waals surface area (Å²) in [5.74, 6) is 0.819. The van der Waals surface area contributed by atoms with Crippen molar-refractivity contribution in [1.29, 1.82) is 0 Å². The van der Waals surface area contributed by atoms with Gasteiger partial charge in [-0.1, -0.05) is 0 Å². The molecule has 1 aliphatic rings. The van der Waals surface area contributed by atoms with Gasteiger partial charge in [-0.05, 0) is 33.0 Å². The normalized spacial score (nSPS) is 20.9. The first-order valence-electron chi connectivity index (χ1n) is 6.14. The molecule has 0 amide bonds. The lowest BCUT2D eigenvalue weighted by molar-refractivity contribution is 0.257. The zero-order valence-corrected chi connectivity index (χ0v) is 10.6. The number of nitrogens with zero attached hydrogens (tertiary/aromatic N) is 4. The summed E-state index contributed by atoms with van der Waals surface area (Å²) in [5.41, 5.74) is 6.51. The van der Waals surface area contributed by atoms with E-state index in [0.717, 1.165) is 24.7 Å². The monoisotopic (exact) mass is 235 g/mol. The van der Waals surface area contributed by atoms with E-state index in [2.05, 4.69) is 33.9 Å². The summed E-state index contributed by atoms with van der Waals surface area (Å²) in [7, 11) is 4.26. The Bertz CT molecular complexity index is 366. The SMILES string of the molecule is CN(C)C1CCCN(c2nccc(CN)n2)C1. The molecular formula is C12H21N5. The lowest BCUT2D eigenvalue weighted by Crippen LogP contribution is -2.45. The van der Waals surface area contributed by atoms with Crippen LogP contribution >= 0.6 is 0 Å². The second-order valence-electron chi connectivity index (χ2n) is 4.76. The Hall–Kier alpha value is -1.20. The molecule has 0 aromatic carbocycles. The van der Waals surface area contributed by atoms with E-state index in [1.165, 1.54) is 12.8 Å². The maximum absolute atomic E-state index is 5.61. The minimum Gasteiger partial charge on any atom is -0.339 e. The Kier molecular flexibility index (Phi) is 3.91. The molecule has 1 saturated heterocycles. The van der Waals surface area contributed by atoms with Crippen molar-refractivity contribution in [2.45, 2.75) is 25.4 Å². The zero-order valence-electron chi connectivity index (χ0n) is 10.6. The van der Waals surface area contributed by atoms with Gasteiger partial charge >= 0.3 is 0 Å². The number of nitrogens with two attached hydrogens (primary N) is 1. The minimum atomic E-state index is 0.473. The van der Waals surface area contributed by atoms with Crippen LogP contribution < -0.4 is 10.6 Å². The third-order valence-corrected chi connectivity index (χ3v) is 3.32. The maximum atomic E-state index is 5.61. The second-order valence-corrected chi connectivity index (χ2v) is 4.76. The molecule has 1 atom stereocenters. The highest BCUT2D eigenvalue weighted by Crippen LogP contribution is 2.18. The van der Waals surface area contributed by atoms with Crippen LogP contribution in [0.3, 0.4) is 0 Å². The molecule has 1 unspecified atom stereocenters. The fourth-order valence-corrected chi connectivity index (χ4v) is 2.21. The van der Waals surface area contributed by atoms with E-state index in [1.54, 1.807) is 6.20 Å². The van der Waals surface area contributed by atoms with E-state index < -0.39 is 0 Å². The smallest absolute Gasteiger partial charge is 0.225 e. The standard InChI is InChI=1S/C12H21N5/c1-16(2)11-4-3-7-17(9-11)12-14-6-5-10(8-13)15-12/h5-6,11H,3-4,7-9,13H2,1-2H3. The number of anilines is 1. The topological polar surface area (TPSA) is 58.3 Å². The fraction of sp³-hybridized carbons (Fsp3) is 0.667. The molecule has 2 N–H and O–H groups in total. The van der Waals surface area contributed by atoms with Crippen LogP contribution in [-0.4, -0.2) is 48.1 Å². The number of piperidine rings is 1. The Balaban J connectivity index is 2.10. The molecule has 2 rings (SSSR count). The van der Waals surface area contributed by atoms with Crippen molar-refractivity contribution in [1.82, 2.24) is 14.9 Å². The van der Waals surface area contributed by atoms with Gasteiger partial charge in [0.15, 0.2) is 0 Å². The lowest BCUT2D eigenvalue weighted by atomic mass is 10.1. The van der Waals surface area contributed by atoms with Gasteiger partial charge in [-0.3, -0.25) is 0 Å². The Morgan fingerprint density at radius 2 is 2.35 bits per heavy atom. The summed E-state index contributed by atoms with van der Waals surface area (Å²) >= 11 is 0. The van der Waals surface area contributed by atoms with E-state index >= 15 is 0 Å². The predicted octanol–water partition coefficient (Wildman–Crippen LogP) is 0.466. The summed E-state index contributed by atoms with van der Waals surface area (Å²) in [4.78, 5) is 13.4. The molecule has 0 bridgehead atoms. The van der Waals surface area contributed by atoms with Crippen molar-refractivity contribution < 1.29 is 0 Å². The van der Waals surface area contributed by atoms with Crippen molar-refractivity contribution in [2.75, 3.05) is 32.1 Å². The summed E-state index contributed by atoms with van der Waals surface area (Å²) in [6, 6.07) is 2.46. The summed E-state index contributed by atoms with van der Waals surface area (Å²) in [6.07, 6.45) is 4.24. The molecule has 0 saturated carbocycles. The molecule has 1 aliphatic heterocycles. The van der Waals surface area contributed by atoms with Gasteiger partial charge in [0.25, 0.3) is 0 Å². The van der Waals surface area contributed by atoms with Crippen LogP contribution in [0.25, 0.3) is 0 Å². The first-order chi connectivity index (χ1) is 8.20.